The summed E-state index contributed by atoms with van der Waals surface area (Å²) in [6, 6.07) is 3.48. The van der Waals surface area contributed by atoms with E-state index in [0.717, 1.165) is 11.2 Å². The van der Waals surface area contributed by atoms with Crippen molar-refractivity contribution in [3.05, 3.63) is 36.3 Å². The number of hydrogen-bond acceptors (Lipinski definition) is 5. The van der Waals surface area contributed by atoms with Gasteiger partial charge in [-0.3, -0.25) is 4.79 Å². The summed E-state index contributed by atoms with van der Waals surface area (Å²) in [7, 11) is 1.31. The number of carbonyl (C=O) groups is 2. The van der Waals surface area contributed by atoms with Gasteiger partial charge in [0.25, 0.3) is 0 Å². The molecule has 3 rings (SSSR count). The molecule has 0 bridgehead atoms. The van der Waals surface area contributed by atoms with Crippen LogP contribution < -0.4 is 5.32 Å². The fourth-order valence-corrected chi connectivity index (χ4v) is 2.93. The maximum atomic E-state index is 12.3. The molecule has 1 saturated heterocycles. The molecule has 0 radical (unpaired) electrons. The maximum Gasteiger partial charge on any atom is 0.317 e. The van der Waals surface area contributed by atoms with Crippen LogP contribution >= 0.6 is 0 Å². The molecule has 24 heavy (non-hydrogen) atoms. The number of nitrogens with one attached hydrogen (secondary N) is 1. The second-order valence-corrected chi connectivity index (χ2v) is 5.90. The summed E-state index contributed by atoms with van der Waals surface area (Å²) in [6.07, 6.45) is 5.02. The Morgan fingerprint density at radius 2 is 2.25 bits per heavy atom. The van der Waals surface area contributed by atoms with E-state index in [0.29, 0.717) is 13.0 Å². The van der Waals surface area contributed by atoms with Crippen LogP contribution in [0.5, 0.6) is 0 Å². The molecule has 8 heteroatoms. The first-order valence-electron chi connectivity index (χ1n) is 7.77. The van der Waals surface area contributed by atoms with Crippen LogP contribution in [0.15, 0.2) is 30.7 Å². The van der Waals surface area contributed by atoms with E-state index in [1.165, 1.54) is 12.0 Å². The highest BCUT2D eigenvalue weighted by molar-refractivity contribution is 5.77. The molecule has 0 spiro atoms. The number of aliphatic hydroxyl groups is 1. The minimum absolute atomic E-state index is 0.207. The van der Waals surface area contributed by atoms with E-state index in [9.17, 15) is 14.7 Å². The number of ether oxygens (including phenoxy) is 1. The van der Waals surface area contributed by atoms with Crippen molar-refractivity contribution in [2.45, 2.75) is 19.1 Å². The number of urea groups is 1. The van der Waals surface area contributed by atoms with E-state index in [-0.39, 0.29) is 19.1 Å². The first-order chi connectivity index (χ1) is 11.6. The van der Waals surface area contributed by atoms with Crippen molar-refractivity contribution >= 4 is 17.6 Å². The number of aliphatic hydroxyl groups excluding tert-OH is 1. The number of methoxy groups -OCH3 is 1. The van der Waals surface area contributed by atoms with Gasteiger partial charge in [0.15, 0.2) is 0 Å². The molecule has 0 aromatic carbocycles. The predicted octanol–water partition coefficient (Wildman–Crippen LogP) is 0.400. The smallest absolute Gasteiger partial charge is 0.317 e. The van der Waals surface area contributed by atoms with Crippen molar-refractivity contribution in [2.24, 2.45) is 5.92 Å². The number of imidazole rings is 1. The molecule has 2 aromatic heterocycles. The first-order valence-corrected chi connectivity index (χ1v) is 7.77. The van der Waals surface area contributed by atoms with Crippen LogP contribution in [0.3, 0.4) is 0 Å². The van der Waals surface area contributed by atoms with Crippen LogP contribution in [0.25, 0.3) is 5.65 Å². The highest BCUT2D eigenvalue weighted by atomic mass is 16.5. The predicted molar refractivity (Wildman–Crippen MR) is 85.1 cm³/mol. The average molecular weight is 332 g/mol. The summed E-state index contributed by atoms with van der Waals surface area (Å²) in [4.78, 5) is 29.6. The van der Waals surface area contributed by atoms with Gasteiger partial charge in [-0.25, -0.2) is 9.78 Å². The zero-order chi connectivity index (χ0) is 17.1. The van der Waals surface area contributed by atoms with E-state index in [4.69, 9.17) is 4.74 Å². The Bertz CT molecular complexity index is 745. The second kappa shape index (κ2) is 6.88. The Kier molecular flexibility index (Phi) is 4.66. The molecule has 0 aliphatic carbocycles. The van der Waals surface area contributed by atoms with Crippen LogP contribution in [0.2, 0.25) is 0 Å². The summed E-state index contributed by atoms with van der Waals surface area (Å²) in [6.45, 7) is 0.797. The first kappa shape index (κ1) is 16.3. The highest BCUT2D eigenvalue weighted by Crippen LogP contribution is 2.18. The zero-order valence-electron chi connectivity index (χ0n) is 13.4. The number of esters is 1. The van der Waals surface area contributed by atoms with Crippen LogP contribution in [-0.2, 0) is 16.1 Å². The van der Waals surface area contributed by atoms with Crippen LogP contribution in [0, 0.1) is 5.92 Å². The van der Waals surface area contributed by atoms with Gasteiger partial charge in [-0.2, -0.15) is 0 Å². The van der Waals surface area contributed by atoms with Crippen LogP contribution in [0.4, 0.5) is 4.79 Å². The van der Waals surface area contributed by atoms with Crippen molar-refractivity contribution in [2.75, 3.05) is 20.2 Å². The molecule has 2 aromatic rings. The zero-order valence-corrected chi connectivity index (χ0v) is 13.4. The van der Waals surface area contributed by atoms with Crippen molar-refractivity contribution in [1.82, 2.24) is 19.6 Å². The number of piperidine rings is 1. The number of β-amino-alcohol motifs (C(OH)–C–C–N with tert-alkyl or cyclic N) is 1. The fraction of sp³-hybridized carbons (Fsp3) is 0.438. The molecule has 2 unspecified atom stereocenters. The van der Waals surface area contributed by atoms with E-state index in [1.54, 1.807) is 6.20 Å². The number of likely N-dealkylation sites (tertiary alicyclic amines) is 1. The Balaban J connectivity index is 1.60. The molecule has 1 fully saturated rings. The number of pyridine rings is 1. The number of carbonyl (C=O) groups excluding carboxylic acids is 2. The van der Waals surface area contributed by atoms with E-state index < -0.39 is 18.0 Å². The minimum atomic E-state index is -0.727. The summed E-state index contributed by atoms with van der Waals surface area (Å²) < 4.78 is 6.59. The minimum Gasteiger partial charge on any atom is -0.469 e. The van der Waals surface area contributed by atoms with Gasteiger partial charge in [-0.05, 0) is 24.1 Å². The number of nitrogens with zero attached hydrogens (tertiary/aromatic N) is 3. The second-order valence-electron chi connectivity index (χ2n) is 5.90. The Morgan fingerprint density at radius 1 is 1.42 bits per heavy atom. The molecule has 2 amide bonds. The third-order valence-electron chi connectivity index (χ3n) is 4.16. The van der Waals surface area contributed by atoms with Crippen molar-refractivity contribution in [3.8, 4) is 0 Å². The lowest BCUT2D eigenvalue weighted by atomic mass is 9.96. The van der Waals surface area contributed by atoms with E-state index >= 15 is 0 Å². The quantitative estimate of drug-likeness (QED) is 0.793. The van der Waals surface area contributed by atoms with Crippen LogP contribution in [-0.4, -0.2) is 57.7 Å². The summed E-state index contributed by atoms with van der Waals surface area (Å²) in [5, 5.41) is 12.7. The molecule has 2 N–H and O–H groups in total. The molecular weight excluding hydrogens is 312 g/mol. The lowest BCUT2D eigenvalue weighted by Crippen LogP contribution is -2.51. The maximum absolute atomic E-state index is 12.3. The molecule has 0 saturated carbocycles. The third-order valence-corrected chi connectivity index (χ3v) is 4.16. The molecular formula is C16H20N4O4. The van der Waals surface area contributed by atoms with E-state index in [2.05, 4.69) is 10.3 Å². The number of amides is 2. The fourth-order valence-electron chi connectivity index (χ4n) is 2.93. The van der Waals surface area contributed by atoms with Gasteiger partial charge in [-0.15, -0.1) is 0 Å². The largest absolute Gasteiger partial charge is 0.469 e. The molecule has 1 aliphatic heterocycles. The molecule has 128 valence electrons. The normalized spacial score (nSPS) is 20.8. The van der Waals surface area contributed by atoms with Gasteiger partial charge >= 0.3 is 12.0 Å². The number of rotatable bonds is 3. The SMILES string of the molecule is COC(=O)C1CC(O)CN(C(=O)NCc2ccn3ccnc3c2)C1. The van der Waals surface area contributed by atoms with Gasteiger partial charge < -0.3 is 24.5 Å². The van der Waals surface area contributed by atoms with E-state index in [1.807, 2.05) is 28.9 Å². The summed E-state index contributed by atoms with van der Waals surface area (Å²) in [5.41, 5.74) is 1.73. The van der Waals surface area contributed by atoms with Gasteiger partial charge in [0.2, 0.25) is 0 Å². The molecule has 2 atom stereocenters. The monoisotopic (exact) mass is 332 g/mol. The van der Waals surface area contributed by atoms with Gasteiger partial charge in [-0.1, -0.05) is 0 Å². The van der Waals surface area contributed by atoms with Gasteiger partial charge in [0.05, 0.1) is 19.1 Å². The molecule has 1 aliphatic rings. The summed E-state index contributed by atoms with van der Waals surface area (Å²) in [5.74, 6) is -0.901. The molecule has 3 heterocycles. The highest BCUT2D eigenvalue weighted by Gasteiger charge is 2.33. The van der Waals surface area contributed by atoms with Crippen molar-refractivity contribution in [1.29, 1.82) is 0 Å². The lowest BCUT2D eigenvalue weighted by molar-refractivity contribution is -0.148. The average Bonchev–Trinajstić information content (AvgIpc) is 3.06. The van der Waals surface area contributed by atoms with Crippen LogP contribution in [0.1, 0.15) is 12.0 Å². The Morgan fingerprint density at radius 3 is 3.04 bits per heavy atom. The summed E-state index contributed by atoms with van der Waals surface area (Å²) >= 11 is 0. The van der Waals surface area contributed by atoms with Crippen molar-refractivity contribution < 1.29 is 19.4 Å². The lowest BCUT2D eigenvalue weighted by Gasteiger charge is -2.34. The molecule has 8 nitrogen and oxygen atoms in total. The van der Waals surface area contributed by atoms with Gasteiger partial charge in [0, 0.05) is 38.2 Å². The Hall–Kier alpha value is -2.61. The third kappa shape index (κ3) is 3.48. The standard InChI is InChI=1S/C16H20N4O4/c1-24-15(22)12-7-13(21)10-20(9-12)16(23)18-8-11-2-4-19-5-3-17-14(19)6-11/h2-6,12-13,21H,7-10H2,1H3,(H,18,23). The number of hydrogen-bond donors (Lipinski definition) is 2. The Labute approximate surface area is 139 Å². The number of aromatic nitrogens is 2. The van der Waals surface area contributed by atoms with Gasteiger partial charge in [0.1, 0.15) is 5.65 Å². The topological polar surface area (TPSA) is 96.2 Å². The van der Waals surface area contributed by atoms with Crippen molar-refractivity contribution in [3.63, 3.8) is 0 Å². The number of fused-ring (bicyclic) bond motifs is 1.